The molecule has 0 spiro atoms. The van der Waals surface area contributed by atoms with E-state index in [0.717, 1.165) is 6.42 Å². The molecular weight excluding hydrogens is 296 g/mol. The number of aryl methyl sites for hydroxylation is 1. The minimum absolute atomic E-state index is 0.634. The maximum atomic E-state index is 11.2. The van der Waals surface area contributed by atoms with Gasteiger partial charge in [0.2, 0.25) is 10.0 Å². The largest absolute Gasteiger partial charge is 0.303 e. The summed E-state index contributed by atoms with van der Waals surface area (Å²) in [5.74, 6) is 0. The topological polar surface area (TPSA) is 49.4 Å². The van der Waals surface area contributed by atoms with E-state index in [9.17, 15) is 8.42 Å². The van der Waals surface area contributed by atoms with Gasteiger partial charge in [0, 0.05) is 5.69 Å². The Morgan fingerprint density at radius 1 is 1.00 bits per heavy atom. The summed E-state index contributed by atoms with van der Waals surface area (Å²) < 4.78 is 24.8. The normalized spacial score (nSPS) is 17.7. The van der Waals surface area contributed by atoms with Gasteiger partial charge in [-0.3, -0.25) is 4.72 Å². The van der Waals surface area contributed by atoms with Crippen molar-refractivity contribution >= 4 is 15.7 Å². The monoisotopic (exact) mass is 324 g/mol. The second-order valence-corrected chi connectivity index (χ2v) is 8.03. The van der Waals surface area contributed by atoms with Crippen molar-refractivity contribution in [2.75, 3.05) is 30.6 Å². The second kappa shape index (κ2) is 8.53. The van der Waals surface area contributed by atoms with Gasteiger partial charge in [-0.2, -0.15) is 0 Å². The van der Waals surface area contributed by atoms with E-state index in [2.05, 4.69) is 9.62 Å². The lowest BCUT2D eigenvalue weighted by Crippen LogP contribution is -2.28. The zero-order chi connectivity index (χ0) is 15.8. The first-order chi connectivity index (χ1) is 10.5. The smallest absolute Gasteiger partial charge is 0.229 e. The van der Waals surface area contributed by atoms with Crippen LogP contribution in [0.25, 0.3) is 0 Å². The average Bonchev–Trinajstić information content (AvgIpc) is 2.41. The first-order valence-electron chi connectivity index (χ1n) is 8.32. The Balaban J connectivity index is 1.74. The summed E-state index contributed by atoms with van der Waals surface area (Å²) in [5.41, 5.74) is 1.90. The maximum Gasteiger partial charge on any atom is 0.229 e. The molecule has 0 aromatic heterocycles. The van der Waals surface area contributed by atoms with E-state index in [4.69, 9.17) is 0 Å². The van der Waals surface area contributed by atoms with E-state index in [0.29, 0.717) is 5.69 Å². The predicted octanol–water partition coefficient (Wildman–Crippen LogP) is 3.26. The zero-order valence-electron chi connectivity index (χ0n) is 13.6. The van der Waals surface area contributed by atoms with Crippen LogP contribution >= 0.6 is 0 Å². The highest BCUT2D eigenvalue weighted by Crippen LogP contribution is 2.14. The SMILES string of the molecule is CS(=O)(=O)Nc1ccc(CCCN2CCCCCCC2)cc1. The van der Waals surface area contributed by atoms with Crippen molar-refractivity contribution in [3.63, 3.8) is 0 Å². The van der Waals surface area contributed by atoms with Crippen molar-refractivity contribution in [3.8, 4) is 0 Å². The molecule has 0 saturated carbocycles. The van der Waals surface area contributed by atoms with Crippen LogP contribution < -0.4 is 4.72 Å². The molecule has 1 N–H and O–H groups in total. The fraction of sp³-hybridized carbons (Fsp3) is 0.647. The van der Waals surface area contributed by atoms with Crippen molar-refractivity contribution in [1.29, 1.82) is 0 Å². The first kappa shape index (κ1) is 17.3. The van der Waals surface area contributed by atoms with Gasteiger partial charge in [0.1, 0.15) is 0 Å². The number of hydrogen-bond acceptors (Lipinski definition) is 3. The van der Waals surface area contributed by atoms with Crippen molar-refractivity contribution in [3.05, 3.63) is 29.8 Å². The van der Waals surface area contributed by atoms with Gasteiger partial charge in [-0.05, 0) is 63.0 Å². The molecule has 1 aliphatic rings. The van der Waals surface area contributed by atoms with Gasteiger partial charge in [0.15, 0.2) is 0 Å². The summed E-state index contributed by atoms with van der Waals surface area (Å²) in [5, 5.41) is 0. The van der Waals surface area contributed by atoms with Crippen LogP contribution in [0, 0.1) is 0 Å². The van der Waals surface area contributed by atoms with Crippen molar-refractivity contribution in [2.45, 2.75) is 44.9 Å². The molecule has 124 valence electrons. The number of anilines is 1. The summed E-state index contributed by atoms with van der Waals surface area (Å²) in [6.45, 7) is 3.66. The molecule has 0 aliphatic carbocycles. The molecule has 0 unspecified atom stereocenters. The van der Waals surface area contributed by atoms with Gasteiger partial charge < -0.3 is 4.90 Å². The summed E-state index contributed by atoms with van der Waals surface area (Å²) in [4.78, 5) is 2.60. The molecular formula is C17H28N2O2S. The molecule has 1 heterocycles. The highest BCUT2D eigenvalue weighted by atomic mass is 32.2. The Morgan fingerprint density at radius 3 is 2.18 bits per heavy atom. The molecule has 1 aliphatic heterocycles. The van der Waals surface area contributed by atoms with Crippen LogP contribution in [0.15, 0.2) is 24.3 Å². The number of rotatable bonds is 6. The van der Waals surface area contributed by atoms with E-state index in [1.54, 1.807) is 0 Å². The Morgan fingerprint density at radius 2 is 1.59 bits per heavy atom. The minimum atomic E-state index is -3.18. The third kappa shape index (κ3) is 6.79. The zero-order valence-corrected chi connectivity index (χ0v) is 14.4. The van der Waals surface area contributed by atoms with Crippen molar-refractivity contribution < 1.29 is 8.42 Å². The number of nitrogens with one attached hydrogen (secondary N) is 1. The quantitative estimate of drug-likeness (QED) is 0.874. The molecule has 1 aromatic carbocycles. The molecule has 0 radical (unpaired) electrons. The van der Waals surface area contributed by atoms with Crippen LogP contribution in [0.3, 0.4) is 0 Å². The van der Waals surface area contributed by atoms with Gasteiger partial charge in [-0.1, -0.05) is 31.4 Å². The lowest BCUT2D eigenvalue weighted by atomic mass is 10.1. The summed E-state index contributed by atoms with van der Waals surface area (Å²) in [7, 11) is -3.18. The third-order valence-corrected chi connectivity index (χ3v) is 4.75. The van der Waals surface area contributed by atoms with Gasteiger partial charge in [-0.25, -0.2) is 8.42 Å². The Kier molecular flexibility index (Phi) is 6.70. The number of likely N-dealkylation sites (tertiary alicyclic amines) is 1. The molecule has 22 heavy (non-hydrogen) atoms. The Labute approximate surface area is 135 Å². The van der Waals surface area contributed by atoms with Crippen molar-refractivity contribution in [2.24, 2.45) is 0 Å². The summed E-state index contributed by atoms with van der Waals surface area (Å²) >= 11 is 0. The van der Waals surface area contributed by atoms with E-state index >= 15 is 0 Å². The lowest BCUT2D eigenvalue weighted by molar-refractivity contribution is 0.245. The van der Waals surface area contributed by atoms with Crippen LogP contribution in [-0.2, 0) is 16.4 Å². The summed E-state index contributed by atoms with van der Waals surface area (Å²) in [6.07, 6.45) is 10.2. The van der Waals surface area contributed by atoms with E-state index in [1.165, 1.54) is 70.0 Å². The predicted molar refractivity (Wildman–Crippen MR) is 92.8 cm³/mol. The van der Waals surface area contributed by atoms with Gasteiger partial charge in [0.25, 0.3) is 0 Å². The molecule has 0 bridgehead atoms. The third-order valence-electron chi connectivity index (χ3n) is 4.15. The highest BCUT2D eigenvalue weighted by Gasteiger charge is 2.07. The van der Waals surface area contributed by atoms with E-state index < -0.39 is 10.0 Å². The molecule has 1 fully saturated rings. The second-order valence-electron chi connectivity index (χ2n) is 6.28. The highest BCUT2D eigenvalue weighted by molar-refractivity contribution is 7.92. The number of hydrogen-bond donors (Lipinski definition) is 1. The van der Waals surface area contributed by atoms with Crippen molar-refractivity contribution in [1.82, 2.24) is 4.90 Å². The molecule has 1 saturated heterocycles. The van der Waals surface area contributed by atoms with Crippen LogP contribution in [0.4, 0.5) is 5.69 Å². The van der Waals surface area contributed by atoms with Gasteiger partial charge in [-0.15, -0.1) is 0 Å². The fourth-order valence-corrected chi connectivity index (χ4v) is 3.56. The minimum Gasteiger partial charge on any atom is -0.303 e. The molecule has 1 aromatic rings. The maximum absolute atomic E-state index is 11.2. The van der Waals surface area contributed by atoms with Gasteiger partial charge in [0.05, 0.1) is 6.26 Å². The van der Waals surface area contributed by atoms with Crippen LogP contribution in [0.5, 0.6) is 0 Å². The van der Waals surface area contributed by atoms with Crippen LogP contribution in [0.1, 0.15) is 44.1 Å². The lowest BCUT2D eigenvalue weighted by Gasteiger charge is -2.24. The standard InChI is InChI=1S/C17H28N2O2S/c1-22(20,21)18-17-11-9-16(10-12-17)8-7-15-19-13-5-3-2-4-6-14-19/h9-12,18H,2-8,13-15H2,1H3. The molecule has 0 atom stereocenters. The fourth-order valence-electron chi connectivity index (χ4n) is 3.00. The number of sulfonamides is 1. The van der Waals surface area contributed by atoms with Crippen LogP contribution in [0.2, 0.25) is 0 Å². The molecule has 0 amide bonds. The van der Waals surface area contributed by atoms with E-state index in [1.807, 2.05) is 24.3 Å². The average molecular weight is 324 g/mol. The number of benzene rings is 1. The van der Waals surface area contributed by atoms with E-state index in [-0.39, 0.29) is 0 Å². The molecule has 4 nitrogen and oxygen atoms in total. The molecule has 5 heteroatoms. The van der Waals surface area contributed by atoms with Gasteiger partial charge >= 0.3 is 0 Å². The van der Waals surface area contributed by atoms with Crippen LogP contribution in [-0.4, -0.2) is 39.2 Å². The number of nitrogens with zero attached hydrogens (tertiary/aromatic N) is 1. The summed E-state index contributed by atoms with van der Waals surface area (Å²) in [6, 6.07) is 7.71. The Hall–Kier alpha value is -1.07. The Bertz CT molecular complexity index is 532. The first-order valence-corrected chi connectivity index (χ1v) is 10.2. The molecule has 2 rings (SSSR count).